The molecule has 1 aliphatic carbocycles. The van der Waals surface area contributed by atoms with Gasteiger partial charge in [0.1, 0.15) is 0 Å². The number of aliphatic imine (C=N–C) groups is 1. The predicted octanol–water partition coefficient (Wildman–Crippen LogP) is 4.53. The first kappa shape index (κ1) is 22.4. The van der Waals surface area contributed by atoms with E-state index in [4.69, 9.17) is 27.1 Å². The first-order chi connectivity index (χ1) is 15.8. The van der Waals surface area contributed by atoms with Crippen LogP contribution < -0.4 is 5.73 Å². The molecule has 174 valence electrons. The molecule has 6 nitrogen and oxygen atoms in total. The van der Waals surface area contributed by atoms with Gasteiger partial charge in [-0.2, -0.15) is 0 Å². The Morgan fingerprint density at radius 1 is 1.24 bits per heavy atom. The lowest BCUT2D eigenvalue weighted by Gasteiger charge is -2.41. The molecule has 0 bridgehead atoms. The van der Waals surface area contributed by atoms with E-state index >= 15 is 0 Å². The molecule has 2 aromatic rings. The number of nitrogens with zero attached hydrogens (tertiary/aromatic N) is 3. The highest BCUT2D eigenvalue weighted by Crippen LogP contribution is 2.41. The summed E-state index contributed by atoms with van der Waals surface area (Å²) in [5.74, 6) is 0.904. The minimum Gasteiger partial charge on any atom is -0.378 e. The van der Waals surface area contributed by atoms with Crippen molar-refractivity contribution in [3.05, 3.63) is 63.9 Å². The molecule has 3 aliphatic rings. The lowest BCUT2D eigenvalue weighted by molar-refractivity contribution is -0.133. The molecule has 1 saturated carbocycles. The summed E-state index contributed by atoms with van der Waals surface area (Å²) in [6, 6.07) is 10.3. The van der Waals surface area contributed by atoms with Crippen molar-refractivity contribution in [2.24, 2.45) is 10.7 Å². The summed E-state index contributed by atoms with van der Waals surface area (Å²) in [4.78, 5) is 24.4. The zero-order valence-corrected chi connectivity index (χ0v) is 20.0. The molecule has 1 aromatic carbocycles. The van der Waals surface area contributed by atoms with Gasteiger partial charge in [0, 0.05) is 41.9 Å². The fraction of sp³-hybridized carbons (Fsp3) is 0.500. The minimum absolute atomic E-state index is 0.00886. The number of guanidine groups is 1. The topological polar surface area (TPSA) is 80.8 Å². The van der Waals surface area contributed by atoms with E-state index in [-0.39, 0.29) is 30.4 Å². The van der Waals surface area contributed by atoms with Crippen LogP contribution in [0.5, 0.6) is 0 Å². The molecule has 7 heteroatoms. The van der Waals surface area contributed by atoms with Crippen molar-refractivity contribution in [2.75, 3.05) is 6.61 Å². The molecule has 2 fully saturated rings. The van der Waals surface area contributed by atoms with Gasteiger partial charge in [0.15, 0.2) is 5.96 Å². The molecule has 1 saturated heterocycles. The van der Waals surface area contributed by atoms with E-state index in [1.54, 1.807) is 4.90 Å². The number of rotatable bonds is 5. The molecule has 1 amide bonds. The molecule has 2 N–H and O–H groups in total. The van der Waals surface area contributed by atoms with Gasteiger partial charge < -0.3 is 10.5 Å². The van der Waals surface area contributed by atoms with Crippen LogP contribution in [0.1, 0.15) is 74.3 Å². The Labute approximate surface area is 200 Å². The quantitative estimate of drug-likeness (QED) is 0.701. The Kier molecular flexibility index (Phi) is 5.91. The van der Waals surface area contributed by atoms with Gasteiger partial charge in [-0.1, -0.05) is 35.9 Å². The zero-order chi connectivity index (χ0) is 23.2. The maximum absolute atomic E-state index is 13.3. The van der Waals surface area contributed by atoms with Crippen LogP contribution in [0.2, 0.25) is 5.02 Å². The maximum atomic E-state index is 13.3. The molecular weight excluding hydrogens is 436 g/mol. The molecule has 1 aromatic heterocycles. The lowest BCUT2D eigenvalue weighted by atomic mass is 9.85. The highest BCUT2D eigenvalue weighted by molar-refractivity contribution is 6.32. The molecule has 0 radical (unpaired) electrons. The van der Waals surface area contributed by atoms with Crippen LogP contribution in [0.25, 0.3) is 0 Å². The van der Waals surface area contributed by atoms with Crippen LogP contribution >= 0.6 is 11.6 Å². The number of aromatic nitrogens is 1. The highest BCUT2D eigenvalue weighted by Gasteiger charge is 2.42. The lowest BCUT2D eigenvalue weighted by Crippen LogP contribution is -2.56. The standard InChI is InChI=1S/C26H31ClN4O2/c1-16-12-20(10-11-33-16)31-23(32)14-26(2,30-25(31)28)21-5-3-4-19(24(21)27)13-17-6-9-22(29-15-17)18-7-8-18/h3-6,9,15-16,18,20H,7-8,10-14H2,1-2H3,(H2,28,30)/t16-,20-,26-/m0/s1. The normalized spacial score (nSPS) is 28.0. The number of carbonyl (C=O) groups excluding carboxylic acids is 1. The fourth-order valence-electron chi connectivity index (χ4n) is 5.12. The Morgan fingerprint density at radius 2 is 2.06 bits per heavy atom. The molecule has 33 heavy (non-hydrogen) atoms. The molecule has 3 atom stereocenters. The predicted molar refractivity (Wildman–Crippen MR) is 129 cm³/mol. The summed E-state index contributed by atoms with van der Waals surface area (Å²) in [6.45, 7) is 4.60. The number of halogens is 1. The number of carbonyl (C=O) groups is 1. The molecule has 0 spiro atoms. The summed E-state index contributed by atoms with van der Waals surface area (Å²) in [6.07, 6.45) is 7.00. The highest BCUT2D eigenvalue weighted by atomic mass is 35.5. The van der Waals surface area contributed by atoms with Gasteiger partial charge in [0.25, 0.3) is 0 Å². The second-order valence-corrected chi connectivity index (χ2v) is 10.2. The van der Waals surface area contributed by atoms with E-state index in [9.17, 15) is 4.79 Å². The summed E-state index contributed by atoms with van der Waals surface area (Å²) in [7, 11) is 0. The molecule has 3 heterocycles. The SMILES string of the molecule is C[C@H]1C[C@@H](N2C(=O)C[C@@](C)(c3cccc(Cc4ccc(C5CC5)nc4)c3Cl)N=C2N)CCO1. The van der Waals surface area contributed by atoms with E-state index in [1.165, 1.54) is 18.5 Å². The van der Waals surface area contributed by atoms with E-state index in [2.05, 4.69) is 17.1 Å². The third-order valence-corrected chi connectivity index (χ3v) is 7.54. The van der Waals surface area contributed by atoms with Crippen molar-refractivity contribution in [3.8, 4) is 0 Å². The maximum Gasteiger partial charge on any atom is 0.232 e. The van der Waals surface area contributed by atoms with Gasteiger partial charge in [0.2, 0.25) is 5.91 Å². The van der Waals surface area contributed by atoms with Crippen molar-refractivity contribution in [2.45, 2.75) is 76.0 Å². The smallest absolute Gasteiger partial charge is 0.232 e. The van der Waals surface area contributed by atoms with Gasteiger partial charge in [0.05, 0.1) is 18.1 Å². The first-order valence-corrected chi connectivity index (χ1v) is 12.2. The zero-order valence-electron chi connectivity index (χ0n) is 19.3. The minimum atomic E-state index is -0.796. The van der Waals surface area contributed by atoms with Crippen LogP contribution in [0, 0.1) is 0 Å². The van der Waals surface area contributed by atoms with Crippen LogP contribution in [0.4, 0.5) is 0 Å². The van der Waals surface area contributed by atoms with Crippen LogP contribution in [0.3, 0.4) is 0 Å². The Balaban J connectivity index is 1.40. The monoisotopic (exact) mass is 466 g/mol. The van der Waals surface area contributed by atoms with Crippen molar-refractivity contribution in [3.63, 3.8) is 0 Å². The molecule has 5 rings (SSSR count). The fourth-order valence-corrected chi connectivity index (χ4v) is 5.52. The van der Waals surface area contributed by atoms with Crippen LogP contribution in [-0.2, 0) is 21.5 Å². The van der Waals surface area contributed by atoms with E-state index < -0.39 is 5.54 Å². The molecule has 0 unspecified atom stereocenters. The van der Waals surface area contributed by atoms with Gasteiger partial charge in [-0.15, -0.1) is 0 Å². The summed E-state index contributed by atoms with van der Waals surface area (Å²) >= 11 is 6.90. The Bertz CT molecular complexity index is 1080. The summed E-state index contributed by atoms with van der Waals surface area (Å²) in [5.41, 5.74) is 9.71. The number of hydrogen-bond acceptors (Lipinski definition) is 5. The summed E-state index contributed by atoms with van der Waals surface area (Å²) < 4.78 is 5.64. The van der Waals surface area contributed by atoms with E-state index in [1.807, 2.05) is 38.2 Å². The van der Waals surface area contributed by atoms with E-state index in [0.717, 1.165) is 29.5 Å². The van der Waals surface area contributed by atoms with Crippen molar-refractivity contribution >= 4 is 23.5 Å². The number of hydrogen-bond donors (Lipinski definition) is 1. The third kappa shape index (κ3) is 4.51. The largest absolute Gasteiger partial charge is 0.378 e. The number of benzene rings is 1. The third-order valence-electron chi connectivity index (χ3n) is 7.09. The van der Waals surface area contributed by atoms with E-state index in [0.29, 0.717) is 24.0 Å². The number of nitrogens with two attached hydrogens (primary N) is 1. The summed E-state index contributed by atoms with van der Waals surface area (Å²) in [5, 5.41) is 0.642. The van der Waals surface area contributed by atoms with Gasteiger partial charge in [-0.05, 0) is 62.3 Å². The van der Waals surface area contributed by atoms with Crippen molar-refractivity contribution in [1.82, 2.24) is 9.88 Å². The molecular formula is C26H31ClN4O2. The number of amides is 1. The first-order valence-electron chi connectivity index (χ1n) is 11.9. The van der Waals surface area contributed by atoms with Crippen molar-refractivity contribution < 1.29 is 9.53 Å². The van der Waals surface area contributed by atoms with Crippen LogP contribution in [-0.4, -0.2) is 40.5 Å². The van der Waals surface area contributed by atoms with Gasteiger partial charge >= 0.3 is 0 Å². The number of pyridine rings is 1. The average molecular weight is 467 g/mol. The van der Waals surface area contributed by atoms with Gasteiger partial charge in [-0.25, -0.2) is 4.99 Å². The number of ether oxygens (including phenoxy) is 1. The van der Waals surface area contributed by atoms with Crippen molar-refractivity contribution in [1.29, 1.82) is 0 Å². The average Bonchev–Trinajstić information content (AvgIpc) is 3.60. The van der Waals surface area contributed by atoms with Crippen LogP contribution in [0.15, 0.2) is 41.5 Å². The molecule has 2 aliphatic heterocycles. The second kappa shape index (κ2) is 8.73. The van der Waals surface area contributed by atoms with Gasteiger partial charge in [-0.3, -0.25) is 14.7 Å². The Hall–Kier alpha value is -2.44. The Morgan fingerprint density at radius 3 is 2.73 bits per heavy atom. The second-order valence-electron chi connectivity index (χ2n) is 9.87.